The molecule has 0 bridgehead atoms. The third kappa shape index (κ3) is 2.59. The van der Waals surface area contributed by atoms with Crippen LogP contribution in [0.3, 0.4) is 0 Å². The molecule has 2 aromatic rings. The summed E-state index contributed by atoms with van der Waals surface area (Å²) in [5.74, 6) is 1.05. The summed E-state index contributed by atoms with van der Waals surface area (Å²) in [4.78, 5) is 13.1. The van der Waals surface area contributed by atoms with Gasteiger partial charge in [-0.05, 0) is 18.2 Å². The van der Waals surface area contributed by atoms with Gasteiger partial charge < -0.3 is 15.5 Å². The first-order valence-electron chi connectivity index (χ1n) is 6.44. The first kappa shape index (κ1) is 11.8. The molecule has 1 fully saturated rings. The standard InChI is InChI=1S/C14H17N5/c15-12-9-13(11-16-10-12)18-5-7-19(8-6-18)14-3-1-2-4-17-14/h1-4,9-11H,5-8,15H2. The van der Waals surface area contributed by atoms with E-state index in [9.17, 15) is 0 Å². The van der Waals surface area contributed by atoms with Gasteiger partial charge in [0.2, 0.25) is 0 Å². The van der Waals surface area contributed by atoms with Crippen molar-refractivity contribution in [3.63, 3.8) is 0 Å². The molecule has 19 heavy (non-hydrogen) atoms. The number of nitrogens with two attached hydrogens (primary N) is 1. The Balaban J connectivity index is 1.67. The van der Waals surface area contributed by atoms with Crippen LogP contribution in [0.5, 0.6) is 0 Å². The van der Waals surface area contributed by atoms with Crippen molar-refractivity contribution in [1.82, 2.24) is 9.97 Å². The van der Waals surface area contributed by atoms with E-state index in [-0.39, 0.29) is 0 Å². The average Bonchev–Trinajstić information content (AvgIpc) is 2.48. The van der Waals surface area contributed by atoms with Gasteiger partial charge in [-0.15, -0.1) is 0 Å². The first-order chi connectivity index (χ1) is 9.33. The summed E-state index contributed by atoms with van der Waals surface area (Å²) < 4.78 is 0. The van der Waals surface area contributed by atoms with Gasteiger partial charge >= 0.3 is 0 Å². The molecule has 3 rings (SSSR count). The maximum atomic E-state index is 5.77. The largest absolute Gasteiger partial charge is 0.397 e. The molecule has 0 spiro atoms. The van der Waals surface area contributed by atoms with Gasteiger partial charge in [0.1, 0.15) is 5.82 Å². The maximum absolute atomic E-state index is 5.77. The summed E-state index contributed by atoms with van der Waals surface area (Å²) >= 11 is 0. The van der Waals surface area contributed by atoms with Crippen LogP contribution in [-0.2, 0) is 0 Å². The zero-order chi connectivity index (χ0) is 13.1. The van der Waals surface area contributed by atoms with Gasteiger partial charge in [0, 0.05) is 38.6 Å². The SMILES string of the molecule is Nc1cncc(N2CCN(c3ccccn3)CC2)c1. The van der Waals surface area contributed by atoms with E-state index in [1.54, 1.807) is 6.20 Å². The third-order valence-electron chi connectivity index (χ3n) is 3.36. The Hall–Kier alpha value is -2.30. The van der Waals surface area contributed by atoms with E-state index in [1.807, 2.05) is 30.6 Å². The van der Waals surface area contributed by atoms with Crippen LogP contribution >= 0.6 is 0 Å². The molecule has 5 heteroatoms. The summed E-state index contributed by atoms with van der Waals surface area (Å²) in [6.07, 6.45) is 5.38. The van der Waals surface area contributed by atoms with E-state index >= 15 is 0 Å². The van der Waals surface area contributed by atoms with Crippen molar-refractivity contribution < 1.29 is 0 Å². The number of hydrogen-bond donors (Lipinski definition) is 1. The summed E-state index contributed by atoms with van der Waals surface area (Å²) in [6, 6.07) is 8.00. The molecular weight excluding hydrogens is 238 g/mol. The Kier molecular flexibility index (Phi) is 3.18. The second-order valence-corrected chi connectivity index (χ2v) is 4.64. The van der Waals surface area contributed by atoms with Crippen LogP contribution in [0.15, 0.2) is 42.9 Å². The van der Waals surface area contributed by atoms with Crippen LogP contribution < -0.4 is 15.5 Å². The van der Waals surface area contributed by atoms with Crippen molar-refractivity contribution in [3.8, 4) is 0 Å². The second-order valence-electron chi connectivity index (χ2n) is 4.64. The van der Waals surface area contributed by atoms with Gasteiger partial charge in [0.25, 0.3) is 0 Å². The van der Waals surface area contributed by atoms with Gasteiger partial charge in [0.05, 0.1) is 17.6 Å². The van der Waals surface area contributed by atoms with Crippen molar-refractivity contribution in [2.45, 2.75) is 0 Å². The van der Waals surface area contributed by atoms with Gasteiger partial charge in [0.15, 0.2) is 0 Å². The normalized spacial score (nSPS) is 15.6. The third-order valence-corrected chi connectivity index (χ3v) is 3.36. The Labute approximate surface area is 112 Å². The number of piperazine rings is 1. The van der Waals surface area contributed by atoms with E-state index in [0.29, 0.717) is 5.69 Å². The molecule has 0 saturated carbocycles. The quantitative estimate of drug-likeness (QED) is 0.878. The Morgan fingerprint density at radius 2 is 1.79 bits per heavy atom. The van der Waals surface area contributed by atoms with Crippen molar-refractivity contribution in [2.75, 3.05) is 41.7 Å². The predicted molar refractivity (Wildman–Crippen MR) is 77.3 cm³/mol. The van der Waals surface area contributed by atoms with Crippen molar-refractivity contribution in [2.24, 2.45) is 0 Å². The highest BCUT2D eigenvalue weighted by Gasteiger charge is 2.18. The highest BCUT2D eigenvalue weighted by atomic mass is 15.3. The predicted octanol–water partition coefficient (Wildman–Crippen LogP) is 1.39. The molecule has 2 N–H and O–H groups in total. The molecule has 0 atom stereocenters. The maximum Gasteiger partial charge on any atom is 0.128 e. The summed E-state index contributed by atoms with van der Waals surface area (Å²) in [5, 5.41) is 0. The molecule has 98 valence electrons. The number of anilines is 3. The summed E-state index contributed by atoms with van der Waals surface area (Å²) in [5.41, 5.74) is 7.58. The molecule has 0 aliphatic carbocycles. The summed E-state index contributed by atoms with van der Waals surface area (Å²) in [7, 11) is 0. The van der Waals surface area contributed by atoms with E-state index in [0.717, 1.165) is 37.7 Å². The molecular formula is C14H17N5. The molecule has 1 saturated heterocycles. The molecule has 0 unspecified atom stereocenters. The van der Waals surface area contributed by atoms with Gasteiger partial charge in [-0.2, -0.15) is 0 Å². The van der Waals surface area contributed by atoms with Crippen LogP contribution in [0, 0.1) is 0 Å². The molecule has 0 amide bonds. The lowest BCUT2D eigenvalue weighted by atomic mass is 10.2. The van der Waals surface area contributed by atoms with Gasteiger partial charge in [-0.3, -0.25) is 4.98 Å². The van der Waals surface area contributed by atoms with Crippen molar-refractivity contribution in [3.05, 3.63) is 42.9 Å². The van der Waals surface area contributed by atoms with Crippen LogP contribution in [-0.4, -0.2) is 36.1 Å². The fraction of sp³-hybridized carbons (Fsp3) is 0.286. The minimum atomic E-state index is 0.713. The van der Waals surface area contributed by atoms with E-state index in [4.69, 9.17) is 5.73 Å². The highest BCUT2D eigenvalue weighted by Crippen LogP contribution is 2.19. The Morgan fingerprint density at radius 3 is 2.47 bits per heavy atom. The molecule has 0 radical (unpaired) electrons. The van der Waals surface area contributed by atoms with Crippen molar-refractivity contribution >= 4 is 17.2 Å². The van der Waals surface area contributed by atoms with Crippen LogP contribution in [0.2, 0.25) is 0 Å². The molecule has 5 nitrogen and oxygen atoms in total. The number of hydrogen-bond acceptors (Lipinski definition) is 5. The van der Waals surface area contributed by atoms with Gasteiger partial charge in [-0.1, -0.05) is 6.07 Å². The summed E-state index contributed by atoms with van der Waals surface area (Å²) in [6.45, 7) is 3.85. The smallest absolute Gasteiger partial charge is 0.128 e. The van der Waals surface area contributed by atoms with Crippen LogP contribution in [0.25, 0.3) is 0 Å². The monoisotopic (exact) mass is 255 g/mol. The fourth-order valence-electron chi connectivity index (χ4n) is 2.35. The minimum Gasteiger partial charge on any atom is -0.397 e. The molecule has 1 aliphatic rings. The number of nitrogen functional groups attached to an aromatic ring is 1. The molecule has 1 aliphatic heterocycles. The van der Waals surface area contributed by atoms with Crippen LogP contribution in [0.1, 0.15) is 0 Å². The van der Waals surface area contributed by atoms with E-state index in [2.05, 4.69) is 25.8 Å². The topological polar surface area (TPSA) is 58.3 Å². The lowest BCUT2D eigenvalue weighted by Crippen LogP contribution is -2.46. The number of nitrogens with zero attached hydrogens (tertiary/aromatic N) is 4. The first-order valence-corrected chi connectivity index (χ1v) is 6.44. The fourth-order valence-corrected chi connectivity index (χ4v) is 2.35. The zero-order valence-electron chi connectivity index (χ0n) is 10.7. The van der Waals surface area contributed by atoms with E-state index < -0.39 is 0 Å². The second kappa shape index (κ2) is 5.14. The lowest BCUT2D eigenvalue weighted by molar-refractivity contribution is 0.647. The zero-order valence-corrected chi connectivity index (χ0v) is 10.7. The number of aromatic nitrogens is 2. The van der Waals surface area contributed by atoms with Crippen molar-refractivity contribution in [1.29, 1.82) is 0 Å². The van der Waals surface area contributed by atoms with E-state index in [1.165, 1.54) is 0 Å². The van der Waals surface area contributed by atoms with Crippen LogP contribution in [0.4, 0.5) is 17.2 Å². The molecule has 0 aromatic carbocycles. The highest BCUT2D eigenvalue weighted by molar-refractivity contribution is 5.54. The van der Waals surface area contributed by atoms with Gasteiger partial charge in [-0.25, -0.2) is 4.98 Å². The Morgan fingerprint density at radius 1 is 1.00 bits per heavy atom. The average molecular weight is 255 g/mol. The number of rotatable bonds is 2. The molecule has 2 aromatic heterocycles. The Bertz CT molecular complexity index is 535. The lowest BCUT2D eigenvalue weighted by Gasteiger charge is -2.36. The molecule has 3 heterocycles. The number of pyridine rings is 2. The minimum absolute atomic E-state index is 0.713.